The van der Waals surface area contributed by atoms with Crippen molar-refractivity contribution in [1.29, 1.82) is 0 Å². The summed E-state index contributed by atoms with van der Waals surface area (Å²) in [5.41, 5.74) is -11.1. The molecule has 0 N–H and O–H groups in total. The normalized spacial score (nSPS) is 13.0. The molecule has 0 aliphatic carbocycles. The number of alkyl halides is 6. The lowest BCUT2D eigenvalue weighted by atomic mass is 10.1. The highest BCUT2D eigenvalue weighted by molar-refractivity contribution is 7.88. The molecule has 14 heteroatoms. The Labute approximate surface area is 142 Å². The van der Waals surface area contributed by atoms with Crippen LogP contribution in [0.25, 0.3) is 10.8 Å². The molecule has 0 amide bonds. The van der Waals surface area contributed by atoms with E-state index in [1.807, 2.05) is 0 Å². The number of hydrogen-bond acceptors (Lipinski definition) is 6. The van der Waals surface area contributed by atoms with Crippen LogP contribution in [-0.2, 0) is 20.2 Å². The van der Waals surface area contributed by atoms with E-state index in [0.717, 1.165) is 0 Å². The van der Waals surface area contributed by atoms with Crippen molar-refractivity contribution in [3.63, 3.8) is 0 Å². The van der Waals surface area contributed by atoms with Gasteiger partial charge in [0.2, 0.25) is 0 Å². The number of benzene rings is 2. The van der Waals surface area contributed by atoms with E-state index < -0.39 is 31.3 Å². The Morgan fingerprint density at radius 1 is 0.769 bits per heavy atom. The summed E-state index contributed by atoms with van der Waals surface area (Å²) in [5, 5.41) is 0.889. The summed E-state index contributed by atoms with van der Waals surface area (Å²) in [6.45, 7) is 0. The van der Waals surface area contributed by atoms with Gasteiger partial charge in [0, 0.05) is 5.39 Å². The number of halogens is 6. The Hall–Kier alpha value is -2.06. The van der Waals surface area contributed by atoms with Gasteiger partial charge in [0.25, 0.3) is 0 Å². The zero-order valence-electron chi connectivity index (χ0n) is 12.1. The van der Waals surface area contributed by atoms with E-state index in [4.69, 9.17) is 13.0 Å². The Morgan fingerprint density at radius 2 is 1.23 bits per heavy atom. The predicted octanol–water partition coefficient (Wildman–Crippen LogP) is 3.12. The average Bonchev–Trinajstić information content (AvgIpc) is 2.44. The minimum absolute atomic E-state index is 0.299. The maximum Gasteiger partial charge on any atom is 0.534 e. The molecule has 0 saturated carbocycles. The van der Waals surface area contributed by atoms with Crippen LogP contribution in [0.1, 0.15) is 0 Å². The Bertz CT molecular complexity index is 974. The zero-order chi connectivity index (χ0) is 20.4. The molecule has 0 bridgehead atoms. The second-order valence-corrected chi connectivity index (χ2v) is 7.27. The van der Waals surface area contributed by atoms with Gasteiger partial charge < -0.3 is 8.74 Å². The molecule has 0 fully saturated rings. The highest BCUT2D eigenvalue weighted by atomic mass is 32.2. The molecular weight excluding hydrogens is 418 g/mol. The monoisotopic (exact) mass is 425 g/mol. The van der Waals surface area contributed by atoms with Crippen molar-refractivity contribution in [2.24, 2.45) is 0 Å². The van der Waals surface area contributed by atoms with Gasteiger partial charge in [0.1, 0.15) is 0 Å². The fourth-order valence-electron chi connectivity index (χ4n) is 1.43. The quantitative estimate of drug-likeness (QED) is 0.317. The summed E-state index contributed by atoms with van der Waals surface area (Å²) in [5.74, 6) is -0.342. The summed E-state index contributed by atoms with van der Waals surface area (Å²) in [6, 6.07) is 10.6. The first-order valence-corrected chi connectivity index (χ1v) is 8.88. The first kappa shape index (κ1) is 22.0. The molecule has 0 saturated heterocycles. The van der Waals surface area contributed by atoms with E-state index in [9.17, 15) is 34.8 Å². The molecule has 26 heavy (non-hydrogen) atoms. The van der Waals surface area contributed by atoms with Gasteiger partial charge in [-0.25, -0.2) is 8.42 Å². The predicted molar refractivity (Wildman–Crippen MR) is 75.3 cm³/mol. The Morgan fingerprint density at radius 3 is 1.69 bits per heavy atom. The summed E-state index contributed by atoms with van der Waals surface area (Å²) >= 11 is 0. The molecule has 2 aromatic carbocycles. The fraction of sp³-hybridized carbons (Fsp3) is 0.167. The van der Waals surface area contributed by atoms with Crippen molar-refractivity contribution in [1.82, 2.24) is 0 Å². The average molecular weight is 425 g/mol. The van der Waals surface area contributed by atoms with Crippen LogP contribution in [0, 0.1) is 0 Å². The minimum atomic E-state index is -6.09. The van der Waals surface area contributed by atoms with Gasteiger partial charge in [-0.15, -0.1) is 0 Å². The van der Waals surface area contributed by atoms with Crippen LogP contribution in [0.3, 0.4) is 0 Å². The van der Waals surface area contributed by atoms with Crippen molar-refractivity contribution in [2.45, 2.75) is 11.0 Å². The molecule has 0 aromatic heterocycles. The minimum Gasteiger partial charge on any atom is -0.741 e. The molecule has 6 nitrogen and oxygen atoms in total. The van der Waals surface area contributed by atoms with Crippen LogP contribution in [0.2, 0.25) is 0 Å². The topological polar surface area (TPSA) is 101 Å². The van der Waals surface area contributed by atoms with E-state index in [1.54, 1.807) is 24.3 Å². The molecule has 0 heterocycles. The maximum absolute atomic E-state index is 12.2. The summed E-state index contributed by atoms with van der Waals surface area (Å²) in [4.78, 5) is 0. The molecular formula is C12H7F6O6S2-. The maximum atomic E-state index is 12.2. The van der Waals surface area contributed by atoms with Crippen LogP contribution in [0.5, 0.6) is 5.75 Å². The van der Waals surface area contributed by atoms with Gasteiger partial charge in [-0.2, -0.15) is 34.8 Å². The van der Waals surface area contributed by atoms with E-state index in [0.29, 0.717) is 10.8 Å². The summed E-state index contributed by atoms with van der Waals surface area (Å²) in [6.07, 6.45) is 0. The highest BCUT2D eigenvalue weighted by Gasteiger charge is 2.48. The molecule has 0 spiro atoms. The lowest BCUT2D eigenvalue weighted by Gasteiger charge is -2.11. The van der Waals surface area contributed by atoms with Gasteiger partial charge in [-0.3, -0.25) is 0 Å². The lowest BCUT2D eigenvalue weighted by molar-refractivity contribution is -0.0518. The molecule has 2 rings (SSSR count). The molecule has 0 radical (unpaired) electrons. The smallest absolute Gasteiger partial charge is 0.534 e. The largest absolute Gasteiger partial charge is 0.741 e. The van der Waals surface area contributed by atoms with Crippen molar-refractivity contribution in [3.05, 3.63) is 42.5 Å². The SMILES string of the molecule is O=S(=O)(Oc1cccc2ccccc12)C(F)(F)F.O=S(=O)([O-])C(F)(F)F. The summed E-state index contributed by atoms with van der Waals surface area (Å²) < 4.78 is 121. The van der Waals surface area contributed by atoms with Gasteiger partial charge in [0.15, 0.2) is 15.9 Å². The summed E-state index contributed by atoms with van der Waals surface area (Å²) in [7, 11) is -11.7. The molecule has 0 aliphatic rings. The first-order valence-electron chi connectivity index (χ1n) is 6.07. The van der Waals surface area contributed by atoms with Crippen molar-refractivity contribution < 1.29 is 51.9 Å². The molecule has 0 atom stereocenters. The van der Waals surface area contributed by atoms with Gasteiger partial charge in [-0.05, 0) is 11.5 Å². The number of hydrogen-bond donors (Lipinski definition) is 0. The second kappa shape index (κ2) is 7.28. The molecule has 2 aromatic rings. The van der Waals surface area contributed by atoms with E-state index >= 15 is 0 Å². The third kappa shape index (κ3) is 5.47. The fourth-order valence-corrected chi connectivity index (χ4v) is 1.91. The van der Waals surface area contributed by atoms with Crippen LogP contribution in [0.15, 0.2) is 42.5 Å². The second-order valence-electron chi connectivity index (χ2n) is 4.36. The third-order valence-electron chi connectivity index (χ3n) is 2.52. The number of rotatable bonds is 2. The van der Waals surface area contributed by atoms with Crippen molar-refractivity contribution in [3.8, 4) is 5.75 Å². The standard InChI is InChI=1S/C11H7F3O3S.CHF3O3S/c12-11(13,14)18(15,16)17-10-7-3-5-8-4-1-2-6-9(8)10;2-1(3,4)8(5,6)7/h1-7H;(H,5,6,7)/p-1. The molecule has 146 valence electrons. The van der Waals surface area contributed by atoms with Gasteiger partial charge >= 0.3 is 21.1 Å². The van der Waals surface area contributed by atoms with E-state index in [1.165, 1.54) is 18.2 Å². The van der Waals surface area contributed by atoms with Crippen LogP contribution < -0.4 is 4.18 Å². The van der Waals surface area contributed by atoms with Gasteiger partial charge in [0.05, 0.1) is 0 Å². The highest BCUT2D eigenvalue weighted by Crippen LogP contribution is 2.31. The lowest BCUT2D eigenvalue weighted by Crippen LogP contribution is -2.28. The van der Waals surface area contributed by atoms with Crippen LogP contribution >= 0.6 is 0 Å². The first-order chi connectivity index (χ1) is 11.6. The van der Waals surface area contributed by atoms with Crippen molar-refractivity contribution >= 4 is 31.0 Å². The van der Waals surface area contributed by atoms with Crippen LogP contribution in [0.4, 0.5) is 26.3 Å². The third-order valence-corrected chi connectivity index (χ3v) is 4.05. The van der Waals surface area contributed by atoms with E-state index in [2.05, 4.69) is 4.18 Å². The van der Waals surface area contributed by atoms with E-state index in [-0.39, 0.29) is 5.75 Å². The Kier molecular flexibility index (Phi) is 6.16. The van der Waals surface area contributed by atoms with Crippen molar-refractivity contribution in [2.75, 3.05) is 0 Å². The zero-order valence-corrected chi connectivity index (χ0v) is 13.7. The molecule has 0 unspecified atom stereocenters. The van der Waals surface area contributed by atoms with Crippen LogP contribution in [-0.4, -0.2) is 32.4 Å². The number of fused-ring (bicyclic) bond motifs is 1. The van der Waals surface area contributed by atoms with Gasteiger partial charge in [-0.1, -0.05) is 36.4 Å². The molecule has 0 aliphatic heterocycles. The Balaban J connectivity index is 0.000000359.